The van der Waals surface area contributed by atoms with Crippen molar-refractivity contribution in [3.63, 3.8) is 0 Å². The summed E-state index contributed by atoms with van der Waals surface area (Å²) in [5.41, 5.74) is 1.28. The number of H-pyrrole nitrogens is 1. The number of methoxy groups -OCH3 is 1. The largest absolute Gasteiger partial charge is 0.469 e. The summed E-state index contributed by atoms with van der Waals surface area (Å²) in [5, 5.41) is 13.1. The number of sulfone groups is 1. The van der Waals surface area contributed by atoms with Crippen molar-refractivity contribution in [1.82, 2.24) is 9.97 Å². The normalized spacial score (nSPS) is 21.7. The summed E-state index contributed by atoms with van der Waals surface area (Å²) in [4.78, 5) is 19.0. The van der Waals surface area contributed by atoms with Crippen LogP contribution in [0.5, 0.6) is 0 Å². The minimum Gasteiger partial charge on any atom is -0.469 e. The molecule has 0 saturated heterocycles. The van der Waals surface area contributed by atoms with Crippen LogP contribution in [0.1, 0.15) is 36.8 Å². The molecule has 3 aliphatic carbocycles. The minimum atomic E-state index is -4.36. The number of aryl methyl sites for hydroxylation is 1. The fourth-order valence-electron chi connectivity index (χ4n) is 6.66. The molecule has 3 saturated carbocycles. The van der Waals surface area contributed by atoms with Crippen LogP contribution in [0.3, 0.4) is 0 Å². The molecule has 3 aliphatic rings. The number of pyridine rings is 1. The highest BCUT2D eigenvalue weighted by atomic mass is 32.2. The van der Waals surface area contributed by atoms with Crippen LogP contribution < -0.4 is 5.32 Å². The number of benzene rings is 2. The number of hydrogen-bond donors (Lipinski definition) is 2. The minimum absolute atomic E-state index is 0.0474. The van der Waals surface area contributed by atoms with Gasteiger partial charge in [-0.1, -0.05) is 17.7 Å². The average molecular weight is 591 g/mol. The number of aromatic amines is 1. The lowest BCUT2D eigenvalue weighted by Gasteiger charge is -2.47. The number of carbonyl (C=O) groups excluding carboxylic acids is 1. The molecule has 0 spiro atoms. The molecule has 42 heavy (non-hydrogen) atoms. The summed E-state index contributed by atoms with van der Waals surface area (Å²) in [5.74, 6) is -2.29. The number of nitriles is 1. The number of esters is 1. The number of aromatic nitrogens is 2. The molecular formula is C31H28F2N4O4S. The van der Waals surface area contributed by atoms with Crippen LogP contribution >= 0.6 is 0 Å². The predicted molar refractivity (Wildman–Crippen MR) is 151 cm³/mol. The van der Waals surface area contributed by atoms with Gasteiger partial charge in [-0.3, -0.25) is 4.79 Å². The summed E-state index contributed by atoms with van der Waals surface area (Å²) in [6.07, 6.45) is 5.86. The second-order valence-corrected chi connectivity index (χ2v) is 12.9. The van der Waals surface area contributed by atoms with Crippen molar-refractivity contribution >= 4 is 32.5 Å². The zero-order chi connectivity index (χ0) is 29.8. The molecule has 2 atom stereocenters. The highest BCUT2D eigenvalue weighted by Gasteiger charge is 2.48. The third-order valence-corrected chi connectivity index (χ3v) is 10.6. The quantitative estimate of drug-likeness (QED) is 0.268. The molecule has 0 aliphatic heterocycles. The maximum absolute atomic E-state index is 15.5. The van der Waals surface area contributed by atoms with Crippen LogP contribution in [0.25, 0.3) is 22.2 Å². The monoisotopic (exact) mass is 590 g/mol. The van der Waals surface area contributed by atoms with E-state index in [1.165, 1.54) is 31.5 Å². The van der Waals surface area contributed by atoms with E-state index in [9.17, 15) is 18.5 Å². The Morgan fingerprint density at radius 1 is 1.07 bits per heavy atom. The lowest BCUT2D eigenvalue weighted by Crippen LogP contribution is -2.51. The molecule has 11 heteroatoms. The first-order valence-electron chi connectivity index (χ1n) is 13.7. The summed E-state index contributed by atoms with van der Waals surface area (Å²) in [7, 11) is -3.02. The number of ether oxygens (including phenoxy) is 1. The Bertz CT molecular complexity index is 1860. The molecule has 2 aromatic heterocycles. The fraction of sp³-hybridized carbons (Fsp3) is 0.323. The van der Waals surface area contributed by atoms with Crippen LogP contribution in [-0.4, -0.2) is 37.5 Å². The van der Waals surface area contributed by atoms with E-state index in [4.69, 9.17) is 4.74 Å². The second kappa shape index (κ2) is 10.5. The standard InChI is InChI=1S/C31H28F2N4O4S/c1-16-3-9-20(10-4-16)42(39,40)29-24(33)15-36-30-27(29)22(14-35-30)21-12-25(23(32)11-19(21)13-34)37-28-18-7-5-17(6-8-18)26(28)31(38)41-2/h3-4,9-12,14-15,17-18,26,28,37H,5-8H2,1-2H3,(H,35,36). The van der Waals surface area contributed by atoms with Gasteiger partial charge in [-0.25, -0.2) is 22.2 Å². The fourth-order valence-corrected chi connectivity index (χ4v) is 8.18. The van der Waals surface area contributed by atoms with E-state index >= 15 is 8.78 Å². The van der Waals surface area contributed by atoms with Crippen LogP contribution in [0.4, 0.5) is 14.5 Å². The van der Waals surface area contributed by atoms with Crippen molar-refractivity contribution < 1.29 is 26.7 Å². The van der Waals surface area contributed by atoms with Crippen molar-refractivity contribution in [3.8, 4) is 17.2 Å². The topological polar surface area (TPSA) is 125 Å². The third-order valence-electron chi connectivity index (χ3n) is 8.74. The Morgan fingerprint density at radius 2 is 1.76 bits per heavy atom. The van der Waals surface area contributed by atoms with Gasteiger partial charge in [-0.2, -0.15) is 5.26 Å². The zero-order valence-electron chi connectivity index (χ0n) is 22.9. The first kappa shape index (κ1) is 27.8. The highest BCUT2D eigenvalue weighted by Crippen LogP contribution is 2.47. The molecule has 2 N–H and O–H groups in total. The predicted octanol–water partition coefficient (Wildman–Crippen LogP) is 5.91. The Kier molecular flexibility index (Phi) is 6.97. The summed E-state index contributed by atoms with van der Waals surface area (Å²) >= 11 is 0. The van der Waals surface area contributed by atoms with Gasteiger partial charge < -0.3 is 15.0 Å². The van der Waals surface area contributed by atoms with Crippen molar-refractivity contribution in [2.24, 2.45) is 17.8 Å². The number of halogens is 2. The molecular weight excluding hydrogens is 562 g/mol. The summed E-state index contributed by atoms with van der Waals surface area (Å²) < 4.78 is 63.4. The molecule has 0 radical (unpaired) electrons. The number of hydrogen-bond acceptors (Lipinski definition) is 7. The maximum Gasteiger partial charge on any atom is 0.311 e. The number of nitrogens with one attached hydrogen (secondary N) is 2. The van der Waals surface area contributed by atoms with Crippen molar-refractivity contribution in [2.45, 2.75) is 48.4 Å². The van der Waals surface area contributed by atoms with E-state index in [2.05, 4.69) is 15.3 Å². The van der Waals surface area contributed by atoms with E-state index in [1.807, 2.05) is 6.07 Å². The molecule has 2 aromatic carbocycles. The Morgan fingerprint density at radius 3 is 2.43 bits per heavy atom. The smallest absolute Gasteiger partial charge is 0.311 e. The first-order valence-corrected chi connectivity index (χ1v) is 15.2. The molecule has 2 heterocycles. The van der Waals surface area contributed by atoms with Gasteiger partial charge in [0, 0.05) is 28.8 Å². The van der Waals surface area contributed by atoms with Crippen LogP contribution in [0.2, 0.25) is 0 Å². The van der Waals surface area contributed by atoms with E-state index in [0.717, 1.165) is 43.5 Å². The molecule has 7 rings (SSSR count). The average Bonchev–Trinajstić information content (AvgIpc) is 3.41. The number of carbonyl (C=O) groups is 1. The number of nitrogens with zero attached hydrogens (tertiary/aromatic N) is 2. The molecule has 0 amide bonds. The third kappa shape index (κ3) is 4.50. The van der Waals surface area contributed by atoms with Gasteiger partial charge in [-0.15, -0.1) is 0 Å². The second-order valence-electron chi connectivity index (χ2n) is 11.1. The van der Waals surface area contributed by atoms with Gasteiger partial charge in [0.2, 0.25) is 9.84 Å². The van der Waals surface area contributed by atoms with Gasteiger partial charge in [-0.05, 0) is 68.7 Å². The van der Waals surface area contributed by atoms with Gasteiger partial charge in [0.25, 0.3) is 0 Å². The first-order chi connectivity index (χ1) is 20.1. The van der Waals surface area contributed by atoms with Gasteiger partial charge in [0.15, 0.2) is 5.82 Å². The van der Waals surface area contributed by atoms with E-state index in [0.29, 0.717) is 0 Å². The zero-order valence-corrected chi connectivity index (χ0v) is 23.8. The van der Waals surface area contributed by atoms with Crippen LogP contribution in [-0.2, 0) is 19.4 Å². The van der Waals surface area contributed by atoms with E-state index < -0.39 is 32.3 Å². The lowest BCUT2D eigenvalue weighted by molar-refractivity contribution is -0.152. The SMILES string of the molecule is COC(=O)C1C2CCC(CC2)C1Nc1cc(-c2c[nH]c3ncc(F)c(S(=O)(=O)c4ccc(C)cc4)c23)c(C#N)cc1F. The molecule has 2 unspecified atom stereocenters. The summed E-state index contributed by atoms with van der Waals surface area (Å²) in [6.45, 7) is 1.81. The molecule has 2 bridgehead atoms. The van der Waals surface area contributed by atoms with Crippen molar-refractivity contribution in [3.05, 3.63) is 71.6 Å². The molecule has 4 aromatic rings. The maximum atomic E-state index is 15.5. The number of fused-ring (bicyclic) bond motifs is 4. The van der Waals surface area contributed by atoms with Crippen LogP contribution in [0, 0.1) is 47.6 Å². The highest BCUT2D eigenvalue weighted by molar-refractivity contribution is 7.91. The number of anilines is 1. The van der Waals surface area contributed by atoms with Gasteiger partial charge >= 0.3 is 5.97 Å². The molecule has 3 fully saturated rings. The summed E-state index contributed by atoms with van der Waals surface area (Å²) in [6, 6.07) is 10.1. The molecule has 8 nitrogen and oxygen atoms in total. The van der Waals surface area contributed by atoms with Gasteiger partial charge in [0.05, 0.1) is 41.4 Å². The Balaban J connectivity index is 1.50. The van der Waals surface area contributed by atoms with Gasteiger partial charge in [0.1, 0.15) is 16.4 Å². The number of rotatable bonds is 6. The van der Waals surface area contributed by atoms with Crippen LogP contribution in [0.15, 0.2) is 58.6 Å². The molecule has 216 valence electrons. The Hall–Kier alpha value is -4.30. The van der Waals surface area contributed by atoms with Crippen molar-refractivity contribution in [1.29, 1.82) is 5.26 Å². The lowest BCUT2D eigenvalue weighted by atomic mass is 9.61. The van der Waals surface area contributed by atoms with E-state index in [-0.39, 0.29) is 62.2 Å². The van der Waals surface area contributed by atoms with E-state index in [1.54, 1.807) is 19.1 Å². The van der Waals surface area contributed by atoms with Crippen molar-refractivity contribution in [2.75, 3.05) is 12.4 Å². The Labute approximate surface area is 241 Å².